The third kappa shape index (κ3) is 4.19. The number of urea groups is 1. The normalized spacial score (nSPS) is 20.1. The summed E-state index contributed by atoms with van der Waals surface area (Å²) in [5, 5.41) is 12.2. The first kappa shape index (κ1) is 21.8. The first-order valence-corrected chi connectivity index (χ1v) is 11.8. The van der Waals surface area contributed by atoms with Crippen LogP contribution in [0.2, 0.25) is 0 Å². The molecule has 176 valence electrons. The Hall–Kier alpha value is -3.01. The molecule has 0 saturated carbocycles. The molecule has 1 aromatic carbocycles. The summed E-state index contributed by atoms with van der Waals surface area (Å²) in [5.74, 6) is 1.23. The number of hydrogen-bond donors (Lipinski definition) is 1. The number of fused-ring (bicyclic) bond motifs is 1. The second-order valence-corrected chi connectivity index (χ2v) is 9.01. The lowest BCUT2D eigenvalue weighted by molar-refractivity contribution is 0.169. The topological polar surface area (TPSA) is 92.3 Å². The van der Waals surface area contributed by atoms with E-state index in [-0.39, 0.29) is 23.7 Å². The van der Waals surface area contributed by atoms with Crippen molar-refractivity contribution in [1.82, 2.24) is 35.0 Å². The number of halogens is 1. The highest BCUT2D eigenvalue weighted by Crippen LogP contribution is 2.30. The highest BCUT2D eigenvalue weighted by Gasteiger charge is 2.31. The number of aromatic nitrogens is 4. The monoisotopic (exact) mass is 455 g/mol. The highest BCUT2D eigenvalue weighted by atomic mass is 19.1. The van der Waals surface area contributed by atoms with E-state index >= 15 is 0 Å². The summed E-state index contributed by atoms with van der Waals surface area (Å²) in [6, 6.07) is 5.00. The Labute approximate surface area is 191 Å². The number of rotatable bonds is 5. The van der Waals surface area contributed by atoms with Crippen LogP contribution in [0.5, 0.6) is 0 Å². The van der Waals surface area contributed by atoms with Gasteiger partial charge in [0.2, 0.25) is 5.89 Å². The van der Waals surface area contributed by atoms with Gasteiger partial charge in [0.1, 0.15) is 11.3 Å². The first-order valence-electron chi connectivity index (χ1n) is 11.8. The molecule has 5 rings (SSSR count). The number of para-hydroxylation sites is 1. The maximum absolute atomic E-state index is 14.6. The maximum atomic E-state index is 14.6. The number of carbonyl (C=O) groups excluding carboxylic acids is 1. The summed E-state index contributed by atoms with van der Waals surface area (Å²) in [7, 11) is 1.68. The summed E-state index contributed by atoms with van der Waals surface area (Å²) < 4.78 is 21.6. The molecule has 33 heavy (non-hydrogen) atoms. The predicted octanol–water partition coefficient (Wildman–Crippen LogP) is 2.95. The molecule has 0 radical (unpaired) electrons. The number of carbonyl (C=O) groups is 1. The Morgan fingerprint density at radius 1 is 1.24 bits per heavy atom. The van der Waals surface area contributed by atoms with Gasteiger partial charge in [-0.1, -0.05) is 19.1 Å². The van der Waals surface area contributed by atoms with Crippen molar-refractivity contribution < 1.29 is 13.7 Å². The first-order chi connectivity index (χ1) is 16.1. The Morgan fingerprint density at radius 2 is 2.06 bits per heavy atom. The van der Waals surface area contributed by atoms with E-state index in [1.54, 1.807) is 13.1 Å². The van der Waals surface area contributed by atoms with Crippen LogP contribution in [-0.4, -0.2) is 75.5 Å². The average molecular weight is 456 g/mol. The lowest BCUT2D eigenvalue weighted by Gasteiger charge is -2.32. The van der Waals surface area contributed by atoms with E-state index < -0.39 is 0 Å². The number of hydrogen-bond acceptors (Lipinski definition) is 6. The third-order valence-electron chi connectivity index (χ3n) is 6.93. The molecule has 2 aliphatic rings. The minimum absolute atomic E-state index is 0.0132. The van der Waals surface area contributed by atoms with Gasteiger partial charge in [0, 0.05) is 38.0 Å². The fraction of sp³-hybridized carbons (Fsp3) is 0.565. The summed E-state index contributed by atoms with van der Waals surface area (Å²) >= 11 is 0. The molecule has 2 aromatic heterocycles. The van der Waals surface area contributed by atoms with Crippen LogP contribution in [0, 0.1) is 11.7 Å². The summed E-state index contributed by atoms with van der Waals surface area (Å²) in [4.78, 5) is 20.8. The predicted molar refractivity (Wildman–Crippen MR) is 121 cm³/mol. The third-order valence-corrected chi connectivity index (χ3v) is 6.93. The number of amides is 2. The van der Waals surface area contributed by atoms with Gasteiger partial charge in [-0.15, -0.1) is 0 Å². The van der Waals surface area contributed by atoms with Crippen molar-refractivity contribution in [3.05, 3.63) is 35.6 Å². The maximum Gasteiger partial charge on any atom is 0.317 e. The van der Waals surface area contributed by atoms with E-state index in [0.717, 1.165) is 63.1 Å². The SMILES string of the molecule is CCc1nn(-c2noc(C3CCN(C[C@H]4CCN(C(=O)NC)C4)CC3)n2)c2c(F)cccc12. The highest BCUT2D eigenvalue weighted by molar-refractivity contribution is 5.83. The van der Waals surface area contributed by atoms with E-state index in [4.69, 9.17) is 4.52 Å². The molecule has 3 aromatic rings. The van der Waals surface area contributed by atoms with Gasteiger partial charge in [-0.25, -0.2) is 9.18 Å². The van der Waals surface area contributed by atoms with Crippen molar-refractivity contribution in [2.45, 2.75) is 38.5 Å². The summed E-state index contributed by atoms with van der Waals surface area (Å²) in [6.07, 6.45) is 3.61. The molecule has 0 bridgehead atoms. The van der Waals surface area contributed by atoms with Crippen LogP contribution in [0.3, 0.4) is 0 Å². The molecule has 1 N–H and O–H groups in total. The van der Waals surface area contributed by atoms with Crippen molar-refractivity contribution >= 4 is 16.9 Å². The molecule has 2 fully saturated rings. The van der Waals surface area contributed by atoms with Crippen LogP contribution in [0.25, 0.3) is 16.9 Å². The number of nitrogens with zero attached hydrogens (tertiary/aromatic N) is 6. The average Bonchev–Trinajstić information content (AvgIpc) is 3.58. The van der Waals surface area contributed by atoms with Gasteiger partial charge in [0.05, 0.1) is 5.69 Å². The molecule has 9 nitrogen and oxygen atoms in total. The van der Waals surface area contributed by atoms with Gasteiger partial charge in [-0.3, -0.25) is 0 Å². The van der Waals surface area contributed by atoms with Crippen LogP contribution >= 0.6 is 0 Å². The minimum atomic E-state index is -0.346. The zero-order valence-electron chi connectivity index (χ0n) is 19.1. The Morgan fingerprint density at radius 3 is 2.82 bits per heavy atom. The zero-order valence-corrected chi connectivity index (χ0v) is 19.1. The van der Waals surface area contributed by atoms with Gasteiger partial charge in [0.15, 0.2) is 0 Å². The largest absolute Gasteiger partial charge is 0.341 e. The quantitative estimate of drug-likeness (QED) is 0.636. The lowest BCUT2D eigenvalue weighted by Crippen LogP contribution is -2.39. The van der Waals surface area contributed by atoms with Crippen LogP contribution in [0.1, 0.15) is 43.7 Å². The van der Waals surface area contributed by atoms with Crippen LogP contribution in [-0.2, 0) is 6.42 Å². The van der Waals surface area contributed by atoms with Crippen molar-refractivity contribution in [2.75, 3.05) is 39.8 Å². The number of benzene rings is 1. The molecular weight excluding hydrogens is 425 g/mol. The summed E-state index contributed by atoms with van der Waals surface area (Å²) in [5.41, 5.74) is 1.20. The standard InChI is InChI=1S/C23H30FN7O2/c1-3-19-17-5-4-6-18(24)20(17)31(27-19)22-26-21(33-28-22)16-8-10-29(11-9-16)13-15-7-12-30(14-15)23(32)25-2/h4-6,15-16H,3,7-14H2,1-2H3,(H,25,32)/t15-/m1/s1. The van der Waals surface area contributed by atoms with Crippen molar-refractivity contribution in [3.63, 3.8) is 0 Å². The molecule has 1 atom stereocenters. The molecule has 2 amide bonds. The van der Waals surface area contributed by atoms with E-state index in [0.29, 0.717) is 23.7 Å². The molecule has 0 unspecified atom stereocenters. The molecule has 2 aliphatic heterocycles. The fourth-order valence-corrected chi connectivity index (χ4v) is 5.12. The second kappa shape index (κ2) is 9.09. The van der Waals surface area contributed by atoms with Crippen LogP contribution in [0.4, 0.5) is 9.18 Å². The van der Waals surface area contributed by atoms with Gasteiger partial charge in [-0.2, -0.15) is 14.8 Å². The van der Waals surface area contributed by atoms with Crippen molar-refractivity contribution in [3.8, 4) is 5.95 Å². The number of piperidine rings is 1. The minimum Gasteiger partial charge on any atom is -0.341 e. The molecule has 2 saturated heterocycles. The van der Waals surface area contributed by atoms with E-state index in [2.05, 4.69) is 25.5 Å². The Kier molecular flexibility index (Phi) is 6.01. The van der Waals surface area contributed by atoms with Crippen LogP contribution < -0.4 is 5.32 Å². The smallest absolute Gasteiger partial charge is 0.317 e. The van der Waals surface area contributed by atoms with Crippen molar-refractivity contribution in [1.29, 1.82) is 0 Å². The van der Waals surface area contributed by atoms with E-state index in [1.165, 1.54) is 10.7 Å². The van der Waals surface area contributed by atoms with E-state index in [1.807, 2.05) is 17.9 Å². The number of nitrogens with one attached hydrogen (secondary N) is 1. The van der Waals surface area contributed by atoms with Gasteiger partial charge in [-0.05, 0) is 55.9 Å². The fourth-order valence-electron chi connectivity index (χ4n) is 5.12. The molecular formula is C23H30FN7O2. The van der Waals surface area contributed by atoms with Gasteiger partial charge in [0.25, 0.3) is 5.95 Å². The molecule has 0 aliphatic carbocycles. The Balaban J connectivity index is 1.23. The zero-order chi connectivity index (χ0) is 22.9. The van der Waals surface area contributed by atoms with Crippen molar-refractivity contribution in [2.24, 2.45) is 5.92 Å². The molecule has 0 spiro atoms. The van der Waals surface area contributed by atoms with Crippen LogP contribution in [0.15, 0.2) is 22.7 Å². The summed E-state index contributed by atoms with van der Waals surface area (Å²) in [6.45, 7) is 6.56. The molecule has 4 heterocycles. The van der Waals surface area contributed by atoms with Gasteiger partial charge < -0.3 is 19.6 Å². The Bertz CT molecular complexity index is 1140. The van der Waals surface area contributed by atoms with E-state index in [9.17, 15) is 9.18 Å². The van der Waals surface area contributed by atoms with Gasteiger partial charge >= 0.3 is 6.03 Å². The molecule has 10 heteroatoms. The lowest BCUT2D eigenvalue weighted by atomic mass is 9.95. The second-order valence-electron chi connectivity index (χ2n) is 9.01. The number of aryl methyl sites for hydroxylation is 1. The number of likely N-dealkylation sites (tertiary alicyclic amines) is 2.